The lowest BCUT2D eigenvalue weighted by atomic mass is 10.1. The van der Waals surface area contributed by atoms with Crippen molar-refractivity contribution in [3.05, 3.63) is 66.5 Å². The number of thioether (sulfide) groups is 1. The maximum absolute atomic E-state index is 12.7. The molecule has 164 valence electrons. The highest BCUT2D eigenvalue weighted by Crippen LogP contribution is 2.29. The van der Waals surface area contributed by atoms with Crippen molar-refractivity contribution in [2.45, 2.75) is 18.0 Å². The number of carbonyl (C=O) groups excluding carboxylic acids is 3. The van der Waals surface area contributed by atoms with E-state index < -0.39 is 0 Å². The van der Waals surface area contributed by atoms with Gasteiger partial charge in [-0.3, -0.25) is 14.4 Å². The van der Waals surface area contributed by atoms with Crippen molar-refractivity contribution in [3.8, 4) is 0 Å². The topological polar surface area (TPSA) is 96.3 Å². The zero-order chi connectivity index (χ0) is 22.5. The number of hydrogen-bond donors (Lipinski definition) is 2. The summed E-state index contributed by atoms with van der Waals surface area (Å²) in [5.74, 6) is -0.140. The summed E-state index contributed by atoms with van der Waals surface area (Å²) in [6.07, 6.45) is 4.85. The molecule has 1 aromatic heterocycles. The summed E-state index contributed by atoms with van der Waals surface area (Å²) < 4.78 is 1.85. The molecule has 3 aromatic rings. The quantitative estimate of drug-likeness (QED) is 0.538. The Hall–Kier alpha value is -3.59. The SMILES string of the molecule is Cn1ccnc1SCC(=O)Nc1ccc(C(=O)Nc2ccccc2N2CCCC2=O)cc1. The highest BCUT2D eigenvalue weighted by atomic mass is 32.2. The molecular formula is C23H23N5O3S. The third-order valence-corrected chi connectivity index (χ3v) is 6.11. The van der Waals surface area contributed by atoms with E-state index in [1.165, 1.54) is 11.8 Å². The number of aromatic nitrogens is 2. The first-order valence-electron chi connectivity index (χ1n) is 10.2. The zero-order valence-corrected chi connectivity index (χ0v) is 18.4. The van der Waals surface area contributed by atoms with Gasteiger partial charge in [0.15, 0.2) is 5.16 Å². The predicted molar refractivity (Wildman–Crippen MR) is 125 cm³/mol. The molecule has 1 fully saturated rings. The molecule has 0 atom stereocenters. The minimum Gasteiger partial charge on any atom is -0.329 e. The van der Waals surface area contributed by atoms with Crippen LogP contribution in [0.25, 0.3) is 0 Å². The Labute approximate surface area is 190 Å². The lowest BCUT2D eigenvalue weighted by Gasteiger charge is -2.20. The van der Waals surface area contributed by atoms with E-state index in [0.717, 1.165) is 11.6 Å². The van der Waals surface area contributed by atoms with Crippen LogP contribution in [0.15, 0.2) is 66.1 Å². The summed E-state index contributed by atoms with van der Waals surface area (Å²) in [7, 11) is 1.87. The van der Waals surface area contributed by atoms with Crippen LogP contribution in [0.3, 0.4) is 0 Å². The number of nitrogens with zero attached hydrogens (tertiary/aromatic N) is 3. The van der Waals surface area contributed by atoms with Crippen molar-refractivity contribution in [3.63, 3.8) is 0 Å². The highest BCUT2D eigenvalue weighted by molar-refractivity contribution is 7.99. The molecule has 0 spiro atoms. The number of imidazole rings is 1. The van der Waals surface area contributed by atoms with Crippen LogP contribution < -0.4 is 15.5 Å². The molecule has 1 saturated heterocycles. The Morgan fingerprint density at radius 1 is 1.09 bits per heavy atom. The molecule has 0 unspecified atom stereocenters. The minimum atomic E-state index is -0.285. The lowest BCUT2D eigenvalue weighted by molar-refractivity contribution is -0.117. The van der Waals surface area contributed by atoms with E-state index in [0.29, 0.717) is 35.6 Å². The normalized spacial score (nSPS) is 13.3. The molecule has 4 rings (SSSR count). The first-order valence-corrected chi connectivity index (χ1v) is 11.2. The van der Waals surface area contributed by atoms with E-state index in [2.05, 4.69) is 15.6 Å². The Morgan fingerprint density at radius 3 is 2.56 bits per heavy atom. The molecule has 8 nitrogen and oxygen atoms in total. The van der Waals surface area contributed by atoms with Gasteiger partial charge in [-0.15, -0.1) is 0 Å². The number of nitrogens with one attached hydrogen (secondary N) is 2. The third kappa shape index (κ3) is 5.00. The molecule has 9 heteroatoms. The molecule has 0 saturated carbocycles. The van der Waals surface area contributed by atoms with Crippen molar-refractivity contribution < 1.29 is 14.4 Å². The van der Waals surface area contributed by atoms with Gasteiger partial charge in [0.2, 0.25) is 11.8 Å². The average Bonchev–Trinajstić information content (AvgIpc) is 3.41. The van der Waals surface area contributed by atoms with Gasteiger partial charge in [0.1, 0.15) is 0 Å². The number of amides is 3. The summed E-state index contributed by atoms with van der Waals surface area (Å²) in [4.78, 5) is 42.9. The first kappa shape index (κ1) is 21.6. The molecule has 0 aliphatic carbocycles. The maximum Gasteiger partial charge on any atom is 0.255 e. The largest absolute Gasteiger partial charge is 0.329 e. The van der Waals surface area contributed by atoms with Gasteiger partial charge in [0.25, 0.3) is 5.91 Å². The first-order chi connectivity index (χ1) is 15.5. The van der Waals surface area contributed by atoms with Crippen LogP contribution in [0.2, 0.25) is 0 Å². The number of anilines is 3. The molecule has 1 aliphatic rings. The Morgan fingerprint density at radius 2 is 1.88 bits per heavy atom. The lowest BCUT2D eigenvalue weighted by Crippen LogP contribution is -2.25. The predicted octanol–water partition coefficient (Wildman–Crippen LogP) is 3.53. The van der Waals surface area contributed by atoms with Gasteiger partial charge < -0.3 is 20.1 Å². The van der Waals surface area contributed by atoms with Gasteiger partial charge >= 0.3 is 0 Å². The Kier molecular flexibility index (Phi) is 6.55. The molecule has 2 aromatic carbocycles. The molecule has 3 amide bonds. The summed E-state index contributed by atoms with van der Waals surface area (Å²) in [5.41, 5.74) is 2.36. The van der Waals surface area contributed by atoms with Crippen molar-refractivity contribution in [1.82, 2.24) is 9.55 Å². The fourth-order valence-electron chi connectivity index (χ4n) is 3.44. The van der Waals surface area contributed by atoms with Crippen LogP contribution in [0.5, 0.6) is 0 Å². The minimum absolute atomic E-state index is 0.0628. The molecule has 32 heavy (non-hydrogen) atoms. The zero-order valence-electron chi connectivity index (χ0n) is 17.6. The third-order valence-electron chi connectivity index (χ3n) is 5.06. The van der Waals surface area contributed by atoms with Crippen LogP contribution in [0, 0.1) is 0 Å². The van der Waals surface area contributed by atoms with Crippen molar-refractivity contribution >= 4 is 46.5 Å². The fraction of sp³-hybridized carbons (Fsp3) is 0.217. The van der Waals surface area contributed by atoms with E-state index in [4.69, 9.17) is 0 Å². The van der Waals surface area contributed by atoms with Gasteiger partial charge in [-0.25, -0.2) is 4.98 Å². The van der Waals surface area contributed by atoms with E-state index in [-0.39, 0.29) is 23.5 Å². The van der Waals surface area contributed by atoms with Crippen LogP contribution in [-0.4, -0.2) is 39.6 Å². The van der Waals surface area contributed by atoms with Crippen molar-refractivity contribution in [2.75, 3.05) is 27.8 Å². The van der Waals surface area contributed by atoms with Crippen LogP contribution in [0.1, 0.15) is 23.2 Å². The summed E-state index contributed by atoms with van der Waals surface area (Å²) in [5, 5.41) is 6.48. The second-order valence-electron chi connectivity index (χ2n) is 7.36. The Balaban J connectivity index is 1.36. The van der Waals surface area contributed by atoms with Crippen LogP contribution in [0.4, 0.5) is 17.1 Å². The van der Waals surface area contributed by atoms with E-state index >= 15 is 0 Å². The monoisotopic (exact) mass is 449 g/mol. The smallest absolute Gasteiger partial charge is 0.255 e. The second kappa shape index (κ2) is 9.69. The number of rotatable bonds is 7. The summed E-state index contributed by atoms with van der Waals surface area (Å²) >= 11 is 1.35. The van der Waals surface area contributed by atoms with E-state index in [9.17, 15) is 14.4 Å². The fourth-order valence-corrected chi connectivity index (χ4v) is 4.17. The standard InChI is InChI=1S/C23H23N5O3S/c1-27-14-12-24-23(27)32-15-20(29)25-17-10-8-16(9-11-17)22(31)26-18-5-2-3-6-19(18)28-13-4-7-21(28)30/h2-3,5-6,8-12,14H,4,7,13,15H2,1H3,(H,25,29)(H,26,31). The van der Waals surface area contributed by atoms with Crippen molar-refractivity contribution in [2.24, 2.45) is 7.05 Å². The number of benzene rings is 2. The Bertz CT molecular complexity index is 1140. The maximum atomic E-state index is 12.7. The molecule has 1 aliphatic heterocycles. The molecule has 2 N–H and O–H groups in total. The number of aryl methyl sites for hydroxylation is 1. The van der Waals surface area contributed by atoms with Crippen LogP contribution in [-0.2, 0) is 16.6 Å². The van der Waals surface area contributed by atoms with Crippen LogP contribution >= 0.6 is 11.8 Å². The van der Waals surface area contributed by atoms with E-state index in [1.807, 2.05) is 36.0 Å². The molecule has 0 radical (unpaired) electrons. The molecule has 0 bridgehead atoms. The second-order valence-corrected chi connectivity index (χ2v) is 8.30. The van der Waals surface area contributed by atoms with Crippen molar-refractivity contribution in [1.29, 1.82) is 0 Å². The summed E-state index contributed by atoms with van der Waals surface area (Å²) in [6.45, 7) is 0.651. The van der Waals surface area contributed by atoms with E-state index in [1.54, 1.807) is 41.4 Å². The number of carbonyl (C=O) groups is 3. The van der Waals surface area contributed by atoms with Gasteiger partial charge in [-0.1, -0.05) is 23.9 Å². The van der Waals surface area contributed by atoms with Gasteiger partial charge in [-0.05, 0) is 42.8 Å². The number of hydrogen-bond acceptors (Lipinski definition) is 5. The molecule has 2 heterocycles. The number of para-hydroxylation sites is 2. The average molecular weight is 450 g/mol. The van der Waals surface area contributed by atoms with Gasteiger partial charge in [0.05, 0.1) is 17.1 Å². The summed E-state index contributed by atoms with van der Waals surface area (Å²) in [6, 6.07) is 14.0. The van der Waals surface area contributed by atoms with Gasteiger partial charge in [0, 0.05) is 43.7 Å². The molecular weight excluding hydrogens is 426 g/mol. The van der Waals surface area contributed by atoms with Gasteiger partial charge in [-0.2, -0.15) is 0 Å². The highest BCUT2D eigenvalue weighted by Gasteiger charge is 2.24.